The predicted molar refractivity (Wildman–Crippen MR) is 115 cm³/mol. The number of ether oxygens (including phenoxy) is 1. The van der Waals surface area contributed by atoms with Gasteiger partial charge in [0.05, 0.1) is 17.9 Å². The highest BCUT2D eigenvalue weighted by atomic mass is 16.6. The average molecular weight is 404 g/mol. The van der Waals surface area contributed by atoms with E-state index in [1.165, 1.54) is 0 Å². The second-order valence-corrected chi connectivity index (χ2v) is 8.94. The summed E-state index contributed by atoms with van der Waals surface area (Å²) in [4.78, 5) is 30.8. The minimum Gasteiger partial charge on any atom is -0.444 e. The van der Waals surface area contributed by atoms with Gasteiger partial charge < -0.3 is 20.3 Å². The fraction of sp³-hybridized carbons (Fsp3) is 0.619. The second-order valence-electron chi connectivity index (χ2n) is 8.94. The summed E-state index contributed by atoms with van der Waals surface area (Å²) < 4.78 is 5.32. The van der Waals surface area contributed by atoms with Gasteiger partial charge in [0, 0.05) is 37.9 Å². The standard InChI is InChI=1S/C21H33N5O3/c1-21(2,3)29-20(28)23-18-13-16(5-6-17(18)22)25-9-7-15(8-10-25)26-12-11-24(4)14-19(26)27/h5-6,13,15H,7-12,14,22H2,1-4H3,(H,23,28). The third kappa shape index (κ3) is 5.53. The number of nitrogens with two attached hydrogens (primary N) is 1. The number of hydrogen-bond donors (Lipinski definition) is 2. The van der Waals surface area contributed by atoms with Crippen LogP contribution >= 0.6 is 0 Å². The Bertz CT molecular complexity index is 753. The van der Waals surface area contributed by atoms with Crippen LogP contribution in [-0.2, 0) is 9.53 Å². The van der Waals surface area contributed by atoms with Crippen LogP contribution < -0.4 is 16.0 Å². The Morgan fingerprint density at radius 1 is 1.17 bits per heavy atom. The Labute approximate surface area is 172 Å². The van der Waals surface area contributed by atoms with E-state index in [1.54, 1.807) is 6.07 Å². The zero-order valence-electron chi connectivity index (χ0n) is 17.9. The predicted octanol–water partition coefficient (Wildman–Crippen LogP) is 2.36. The van der Waals surface area contributed by atoms with E-state index in [0.29, 0.717) is 24.0 Å². The lowest BCUT2D eigenvalue weighted by Crippen LogP contribution is -2.55. The lowest BCUT2D eigenvalue weighted by molar-refractivity contribution is -0.138. The topological polar surface area (TPSA) is 91.1 Å². The number of carbonyl (C=O) groups is 2. The smallest absolute Gasteiger partial charge is 0.412 e. The van der Waals surface area contributed by atoms with Gasteiger partial charge in [0.2, 0.25) is 5.91 Å². The molecule has 1 aromatic rings. The Morgan fingerprint density at radius 3 is 2.48 bits per heavy atom. The number of nitrogen functional groups attached to an aromatic ring is 1. The van der Waals surface area contributed by atoms with Crippen molar-refractivity contribution in [1.29, 1.82) is 0 Å². The van der Waals surface area contributed by atoms with E-state index in [0.717, 1.165) is 44.7 Å². The summed E-state index contributed by atoms with van der Waals surface area (Å²) in [6, 6.07) is 5.97. The number of nitrogens with zero attached hydrogens (tertiary/aromatic N) is 3. The molecule has 8 nitrogen and oxygen atoms in total. The molecule has 0 radical (unpaired) electrons. The SMILES string of the molecule is CN1CCN(C2CCN(c3ccc(N)c(NC(=O)OC(C)(C)C)c3)CC2)C(=O)C1. The number of amides is 2. The van der Waals surface area contributed by atoms with E-state index in [-0.39, 0.29) is 5.91 Å². The van der Waals surface area contributed by atoms with Crippen LogP contribution in [0, 0.1) is 0 Å². The average Bonchev–Trinajstić information content (AvgIpc) is 2.62. The van der Waals surface area contributed by atoms with Gasteiger partial charge in [-0.15, -0.1) is 0 Å². The fourth-order valence-corrected chi connectivity index (χ4v) is 3.89. The van der Waals surface area contributed by atoms with E-state index in [2.05, 4.69) is 20.0 Å². The van der Waals surface area contributed by atoms with E-state index in [4.69, 9.17) is 10.5 Å². The highest BCUT2D eigenvalue weighted by molar-refractivity contribution is 5.90. The van der Waals surface area contributed by atoms with Gasteiger partial charge in [-0.05, 0) is 58.9 Å². The molecule has 3 rings (SSSR count). The number of benzene rings is 1. The van der Waals surface area contributed by atoms with Crippen LogP contribution in [-0.4, -0.2) is 73.2 Å². The zero-order valence-corrected chi connectivity index (χ0v) is 17.9. The van der Waals surface area contributed by atoms with Gasteiger partial charge >= 0.3 is 6.09 Å². The van der Waals surface area contributed by atoms with Crippen molar-refractivity contribution < 1.29 is 14.3 Å². The van der Waals surface area contributed by atoms with Gasteiger partial charge in [0.1, 0.15) is 5.60 Å². The summed E-state index contributed by atoms with van der Waals surface area (Å²) in [6.07, 6.45) is 1.36. The maximum atomic E-state index is 12.3. The Kier molecular flexibility index (Phi) is 6.21. The summed E-state index contributed by atoms with van der Waals surface area (Å²) in [6.45, 7) is 9.44. The molecule has 160 valence electrons. The zero-order chi connectivity index (χ0) is 21.2. The maximum Gasteiger partial charge on any atom is 0.412 e. The number of hydrogen-bond acceptors (Lipinski definition) is 6. The monoisotopic (exact) mass is 403 g/mol. The normalized spacial score (nSPS) is 19.4. The first-order valence-corrected chi connectivity index (χ1v) is 10.2. The molecule has 2 saturated heterocycles. The van der Waals surface area contributed by atoms with Gasteiger partial charge in [-0.1, -0.05) is 0 Å². The summed E-state index contributed by atoms with van der Waals surface area (Å²) in [5, 5.41) is 2.75. The highest BCUT2D eigenvalue weighted by Gasteiger charge is 2.31. The number of piperidine rings is 1. The number of rotatable bonds is 3. The minimum atomic E-state index is -0.570. The molecule has 0 spiro atoms. The molecule has 0 saturated carbocycles. The van der Waals surface area contributed by atoms with Gasteiger partial charge in [0.15, 0.2) is 0 Å². The van der Waals surface area contributed by atoms with Gasteiger partial charge in [0.25, 0.3) is 0 Å². The third-order valence-corrected chi connectivity index (χ3v) is 5.39. The van der Waals surface area contributed by atoms with Crippen LogP contribution in [0.25, 0.3) is 0 Å². The molecule has 1 aromatic carbocycles. The molecule has 0 bridgehead atoms. The summed E-state index contributed by atoms with van der Waals surface area (Å²) >= 11 is 0. The third-order valence-electron chi connectivity index (χ3n) is 5.39. The van der Waals surface area contributed by atoms with Crippen molar-refractivity contribution in [1.82, 2.24) is 9.80 Å². The molecule has 0 aromatic heterocycles. The number of carbonyl (C=O) groups excluding carboxylic acids is 2. The molecular formula is C21H33N5O3. The van der Waals surface area contributed by atoms with E-state index >= 15 is 0 Å². The van der Waals surface area contributed by atoms with E-state index in [1.807, 2.05) is 40.0 Å². The fourth-order valence-electron chi connectivity index (χ4n) is 3.89. The van der Waals surface area contributed by atoms with Crippen LogP contribution in [0.3, 0.4) is 0 Å². The molecule has 0 atom stereocenters. The lowest BCUT2D eigenvalue weighted by Gasteiger charge is -2.42. The highest BCUT2D eigenvalue weighted by Crippen LogP contribution is 2.29. The molecule has 2 fully saturated rings. The van der Waals surface area contributed by atoms with E-state index in [9.17, 15) is 9.59 Å². The Morgan fingerprint density at radius 2 is 1.86 bits per heavy atom. The Balaban J connectivity index is 1.61. The van der Waals surface area contributed by atoms with Gasteiger partial charge in [-0.3, -0.25) is 15.0 Å². The summed E-state index contributed by atoms with van der Waals surface area (Å²) in [5.74, 6) is 0.230. The van der Waals surface area contributed by atoms with Crippen LogP contribution in [0.2, 0.25) is 0 Å². The molecule has 2 aliphatic heterocycles. The first-order chi connectivity index (χ1) is 13.6. The number of nitrogens with one attached hydrogen (secondary N) is 1. The quantitative estimate of drug-likeness (QED) is 0.753. The van der Waals surface area contributed by atoms with Crippen LogP contribution in [0.1, 0.15) is 33.6 Å². The molecule has 2 amide bonds. The largest absolute Gasteiger partial charge is 0.444 e. The molecule has 3 N–H and O–H groups in total. The molecule has 2 aliphatic rings. The van der Waals surface area contributed by atoms with E-state index < -0.39 is 11.7 Å². The van der Waals surface area contributed by atoms with Crippen LogP contribution in [0.15, 0.2) is 18.2 Å². The van der Waals surface area contributed by atoms with Crippen molar-refractivity contribution in [3.8, 4) is 0 Å². The molecule has 0 unspecified atom stereocenters. The van der Waals surface area contributed by atoms with Gasteiger partial charge in [-0.2, -0.15) is 0 Å². The van der Waals surface area contributed by atoms with Crippen molar-refractivity contribution in [3.63, 3.8) is 0 Å². The first-order valence-electron chi connectivity index (χ1n) is 10.2. The van der Waals surface area contributed by atoms with Crippen molar-refractivity contribution in [3.05, 3.63) is 18.2 Å². The van der Waals surface area contributed by atoms with Crippen LogP contribution in [0.4, 0.5) is 21.9 Å². The molecule has 2 heterocycles. The maximum absolute atomic E-state index is 12.3. The molecule has 29 heavy (non-hydrogen) atoms. The second kappa shape index (κ2) is 8.49. The molecular weight excluding hydrogens is 370 g/mol. The number of anilines is 3. The van der Waals surface area contributed by atoms with Crippen molar-refractivity contribution >= 4 is 29.1 Å². The number of piperazine rings is 1. The number of likely N-dealkylation sites (N-methyl/N-ethyl adjacent to an activating group) is 1. The molecule has 8 heteroatoms. The molecule has 0 aliphatic carbocycles. The van der Waals surface area contributed by atoms with Crippen LogP contribution in [0.5, 0.6) is 0 Å². The summed E-state index contributed by atoms with van der Waals surface area (Å²) in [5.41, 5.74) is 7.52. The first kappa shape index (κ1) is 21.2. The van der Waals surface area contributed by atoms with Gasteiger partial charge in [-0.25, -0.2) is 4.79 Å². The Hall–Kier alpha value is -2.48. The van der Waals surface area contributed by atoms with Crippen molar-refractivity contribution in [2.75, 3.05) is 55.7 Å². The minimum absolute atomic E-state index is 0.230. The summed E-state index contributed by atoms with van der Waals surface area (Å²) in [7, 11) is 1.99. The lowest BCUT2D eigenvalue weighted by atomic mass is 10.0. The van der Waals surface area contributed by atoms with Crippen molar-refractivity contribution in [2.45, 2.75) is 45.3 Å². The van der Waals surface area contributed by atoms with Crippen molar-refractivity contribution in [2.24, 2.45) is 0 Å².